The van der Waals surface area contributed by atoms with Crippen LogP contribution in [-0.2, 0) is 20.7 Å². The fourth-order valence-corrected chi connectivity index (χ4v) is 3.66. The molecule has 0 radical (unpaired) electrons. The van der Waals surface area contributed by atoms with E-state index in [-0.39, 0.29) is 29.2 Å². The Morgan fingerprint density at radius 3 is 2.55 bits per heavy atom. The van der Waals surface area contributed by atoms with Gasteiger partial charge in [0.25, 0.3) is 0 Å². The molecule has 5 nitrogen and oxygen atoms in total. The fraction of sp³-hybridized carbons (Fsp3) is 0.440. The number of nitrogens with zero attached hydrogens (tertiary/aromatic N) is 1. The van der Waals surface area contributed by atoms with Crippen molar-refractivity contribution in [1.29, 1.82) is 0 Å². The zero-order valence-electron chi connectivity index (χ0n) is 18.7. The van der Waals surface area contributed by atoms with Crippen LogP contribution in [0.15, 0.2) is 42.5 Å². The summed E-state index contributed by atoms with van der Waals surface area (Å²) < 4.78 is 18.8. The van der Waals surface area contributed by atoms with Gasteiger partial charge in [-0.15, -0.1) is 0 Å². The summed E-state index contributed by atoms with van der Waals surface area (Å²) in [5.74, 6) is -0.818. The van der Waals surface area contributed by atoms with Crippen LogP contribution in [0.3, 0.4) is 0 Å². The summed E-state index contributed by atoms with van der Waals surface area (Å²) >= 11 is 0. The number of ether oxygens (including phenoxy) is 1. The molecule has 1 heterocycles. The third-order valence-corrected chi connectivity index (χ3v) is 5.38. The topological polar surface area (TPSA) is 58.6 Å². The van der Waals surface area contributed by atoms with Gasteiger partial charge in [0.15, 0.2) is 0 Å². The lowest BCUT2D eigenvalue weighted by Crippen LogP contribution is -2.36. The molecule has 6 heteroatoms. The van der Waals surface area contributed by atoms with Crippen LogP contribution < -0.4 is 10.2 Å². The Hall–Kier alpha value is -2.73. The second-order valence-electron chi connectivity index (χ2n) is 8.97. The number of aryl methyl sites for hydroxylation is 1. The van der Waals surface area contributed by atoms with Crippen LogP contribution in [0.2, 0.25) is 0 Å². The standard InChI is InChI=1S/C25H31FN2O3/c1-17(24(30)27-21-10-8-20(26)9-11-21)18-7-12-22-19(16-18)6-5-14-28(22)23(29)13-15-31-25(2,3)4/h7-12,16-17H,5-6,13-15H2,1-4H3,(H,27,30). The molecule has 0 saturated heterocycles. The molecule has 2 aromatic carbocycles. The van der Waals surface area contributed by atoms with Gasteiger partial charge in [-0.2, -0.15) is 0 Å². The van der Waals surface area contributed by atoms with E-state index in [9.17, 15) is 14.0 Å². The first-order chi connectivity index (χ1) is 14.6. The first-order valence-electron chi connectivity index (χ1n) is 10.8. The van der Waals surface area contributed by atoms with Gasteiger partial charge < -0.3 is 15.0 Å². The Labute approximate surface area is 183 Å². The Morgan fingerprint density at radius 2 is 1.87 bits per heavy atom. The van der Waals surface area contributed by atoms with Crippen molar-refractivity contribution in [3.05, 3.63) is 59.4 Å². The summed E-state index contributed by atoms with van der Waals surface area (Å²) in [6.45, 7) is 8.86. The second kappa shape index (κ2) is 9.60. The number of hydrogen-bond acceptors (Lipinski definition) is 3. The molecule has 0 spiro atoms. The average molecular weight is 427 g/mol. The number of carbonyl (C=O) groups is 2. The highest BCUT2D eigenvalue weighted by molar-refractivity contribution is 5.97. The maximum atomic E-state index is 13.1. The van der Waals surface area contributed by atoms with Gasteiger partial charge in [-0.25, -0.2) is 4.39 Å². The summed E-state index contributed by atoms with van der Waals surface area (Å²) in [6, 6.07) is 11.6. The van der Waals surface area contributed by atoms with Gasteiger partial charge in [0.05, 0.1) is 24.5 Å². The molecular formula is C25H31FN2O3. The molecule has 0 bridgehead atoms. The summed E-state index contributed by atoms with van der Waals surface area (Å²) in [4.78, 5) is 27.2. The van der Waals surface area contributed by atoms with Crippen molar-refractivity contribution >= 4 is 23.2 Å². The van der Waals surface area contributed by atoms with E-state index in [0.29, 0.717) is 25.3 Å². The zero-order chi connectivity index (χ0) is 22.6. The number of halogens is 1. The number of nitrogens with one attached hydrogen (secondary N) is 1. The molecule has 166 valence electrons. The van der Waals surface area contributed by atoms with E-state index in [1.54, 1.807) is 12.1 Å². The van der Waals surface area contributed by atoms with Gasteiger partial charge in [0, 0.05) is 17.9 Å². The molecule has 1 aliphatic heterocycles. The largest absolute Gasteiger partial charge is 0.375 e. The summed E-state index contributed by atoms with van der Waals surface area (Å²) in [6.07, 6.45) is 2.10. The molecule has 2 amide bonds. The fourth-order valence-electron chi connectivity index (χ4n) is 3.66. The molecule has 0 saturated carbocycles. The third-order valence-electron chi connectivity index (χ3n) is 5.38. The maximum Gasteiger partial charge on any atom is 0.231 e. The Kier molecular flexibility index (Phi) is 7.11. The van der Waals surface area contributed by atoms with E-state index in [4.69, 9.17) is 4.74 Å². The average Bonchev–Trinajstić information content (AvgIpc) is 2.73. The third kappa shape index (κ3) is 6.14. The highest BCUT2D eigenvalue weighted by Gasteiger charge is 2.25. The second-order valence-corrected chi connectivity index (χ2v) is 8.97. The van der Waals surface area contributed by atoms with Crippen molar-refractivity contribution in [2.24, 2.45) is 0 Å². The van der Waals surface area contributed by atoms with Crippen molar-refractivity contribution in [3.63, 3.8) is 0 Å². The quantitative estimate of drug-likeness (QED) is 0.703. The van der Waals surface area contributed by atoms with E-state index in [1.165, 1.54) is 12.1 Å². The van der Waals surface area contributed by atoms with Crippen molar-refractivity contribution in [1.82, 2.24) is 0 Å². The minimum absolute atomic E-state index is 0.0556. The smallest absolute Gasteiger partial charge is 0.231 e. The predicted molar refractivity (Wildman–Crippen MR) is 121 cm³/mol. The minimum Gasteiger partial charge on any atom is -0.375 e. The van der Waals surface area contributed by atoms with Gasteiger partial charge in [0.1, 0.15) is 5.82 Å². The van der Waals surface area contributed by atoms with Crippen LogP contribution >= 0.6 is 0 Å². The maximum absolute atomic E-state index is 13.1. The molecule has 0 aromatic heterocycles. The molecular weight excluding hydrogens is 395 g/mol. The van der Waals surface area contributed by atoms with Gasteiger partial charge in [-0.05, 0) is 82.0 Å². The Balaban J connectivity index is 1.68. The SMILES string of the molecule is CC(C(=O)Nc1ccc(F)cc1)c1ccc2c(c1)CCCN2C(=O)CCOC(C)(C)C. The highest BCUT2D eigenvalue weighted by Crippen LogP contribution is 2.31. The monoisotopic (exact) mass is 426 g/mol. The predicted octanol–water partition coefficient (Wildman–Crippen LogP) is 5.05. The Bertz CT molecular complexity index is 935. The van der Waals surface area contributed by atoms with E-state index in [2.05, 4.69) is 5.32 Å². The van der Waals surface area contributed by atoms with Crippen molar-refractivity contribution in [2.45, 2.75) is 58.5 Å². The van der Waals surface area contributed by atoms with E-state index in [0.717, 1.165) is 29.7 Å². The van der Waals surface area contributed by atoms with Gasteiger partial charge in [-0.1, -0.05) is 12.1 Å². The first-order valence-corrected chi connectivity index (χ1v) is 10.8. The lowest BCUT2D eigenvalue weighted by Gasteiger charge is -2.31. The highest BCUT2D eigenvalue weighted by atomic mass is 19.1. The Morgan fingerprint density at radius 1 is 1.16 bits per heavy atom. The number of benzene rings is 2. The molecule has 0 aliphatic carbocycles. The number of anilines is 2. The number of carbonyl (C=O) groups excluding carboxylic acids is 2. The lowest BCUT2D eigenvalue weighted by atomic mass is 9.93. The van der Waals surface area contributed by atoms with Crippen LogP contribution in [0.4, 0.5) is 15.8 Å². The van der Waals surface area contributed by atoms with Crippen molar-refractivity contribution in [3.8, 4) is 0 Å². The lowest BCUT2D eigenvalue weighted by molar-refractivity contribution is -0.121. The molecule has 31 heavy (non-hydrogen) atoms. The molecule has 1 N–H and O–H groups in total. The van der Waals surface area contributed by atoms with Crippen LogP contribution in [0.5, 0.6) is 0 Å². The van der Waals surface area contributed by atoms with Crippen LogP contribution in [0.25, 0.3) is 0 Å². The minimum atomic E-state index is -0.374. The summed E-state index contributed by atoms with van der Waals surface area (Å²) in [5.41, 5.74) is 3.19. The van der Waals surface area contributed by atoms with Crippen LogP contribution in [-0.4, -0.2) is 30.6 Å². The van der Waals surface area contributed by atoms with Crippen molar-refractivity contribution in [2.75, 3.05) is 23.4 Å². The van der Waals surface area contributed by atoms with Crippen LogP contribution in [0, 0.1) is 5.82 Å². The molecule has 0 fully saturated rings. The molecule has 2 aromatic rings. The van der Waals surface area contributed by atoms with E-state index in [1.807, 2.05) is 50.8 Å². The van der Waals surface area contributed by atoms with E-state index < -0.39 is 0 Å². The number of amides is 2. The number of hydrogen-bond donors (Lipinski definition) is 1. The van der Waals surface area contributed by atoms with E-state index >= 15 is 0 Å². The molecule has 1 atom stereocenters. The van der Waals surface area contributed by atoms with Gasteiger partial charge >= 0.3 is 0 Å². The molecule has 1 unspecified atom stereocenters. The zero-order valence-corrected chi connectivity index (χ0v) is 18.7. The number of fused-ring (bicyclic) bond motifs is 1. The van der Waals surface area contributed by atoms with Gasteiger partial charge in [0.2, 0.25) is 11.8 Å². The molecule has 3 rings (SSSR count). The normalized spacial score (nSPS) is 14.7. The van der Waals surface area contributed by atoms with Crippen molar-refractivity contribution < 1.29 is 18.7 Å². The summed E-state index contributed by atoms with van der Waals surface area (Å²) in [5, 5.41) is 2.83. The van der Waals surface area contributed by atoms with Crippen LogP contribution in [0.1, 0.15) is 57.6 Å². The molecule has 1 aliphatic rings. The van der Waals surface area contributed by atoms with Gasteiger partial charge in [-0.3, -0.25) is 9.59 Å². The summed E-state index contributed by atoms with van der Waals surface area (Å²) in [7, 11) is 0. The first kappa shape index (κ1) is 22.9. The number of rotatable bonds is 6.